The van der Waals surface area contributed by atoms with Gasteiger partial charge in [-0.2, -0.15) is 0 Å². The molecule has 0 saturated carbocycles. The topological polar surface area (TPSA) is 52.3 Å². The van der Waals surface area contributed by atoms with Crippen LogP contribution in [-0.4, -0.2) is 19.1 Å². The lowest BCUT2D eigenvalue weighted by molar-refractivity contribution is -0.142. The summed E-state index contributed by atoms with van der Waals surface area (Å²) in [4.78, 5) is 11.0. The molecule has 1 aromatic rings. The molecule has 2 N–H and O–H groups in total. The number of carbonyl (C=O) groups is 1. The smallest absolute Gasteiger partial charge is 0.322 e. The Labute approximate surface area is 98.6 Å². The summed E-state index contributed by atoms with van der Waals surface area (Å²) in [5.74, 6) is -1.66. The number of methoxy groups -OCH3 is 1. The second kappa shape index (κ2) is 6.30. The molecule has 5 heteroatoms. The molecule has 0 amide bonds. The van der Waals surface area contributed by atoms with Crippen molar-refractivity contribution in [2.45, 2.75) is 25.3 Å². The molecule has 0 aliphatic carbocycles. The molecule has 3 nitrogen and oxygen atoms in total. The van der Waals surface area contributed by atoms with E-state index < -0.39 is 23.6 Å². The van der Waals surface area contributed by atoms with Crippen LogP contribution in [-0.2, 0) is 16.0 Å². The van der Waals surface area contributed by atoms with Crippen molar-refractivity contribution in [2.24, 2.45) is 5.73 Å². The molecule has 0 spiro atoms. The molecule has 1 unspecified atom stereocenters. The number of halogens is 2. The van der Waals surface area contributed by atoms with Crippen molar-refractivity contribution in [3.8, 4) is 0 Å². The van der Waals surface area contributed by atoms with Crippen LogP contribution in [0.3, 0.4) is 0 Å². The lowest BCUT2D eigenvalue weighted by atomic mass is 10.0. The van der Waals surface area contributed by atoms with Crippen molar-refractivity contribution in [1.29, 1.82) is 0 Å². The quantitative estimate of drug-likeness (QED) is 0.802. The van der Waals surface area contributed by atoms with Gasteiger partial charge in [0.1, 0.15) is 17.7 Å². The molecule has 1 aromatic carbocycles. The maximum Gasteiger partial charge on any atom is 0.322 e. The summed E-state index contributed by atoms with van der Waals surface area (Å²) in [6.45, 7) is 0. The summed E-state index contributed by atoms with van der Waals surface area (Å²) in [6.07, 6.45) is 0.970. The number of rotatable bonds is 5. The van der Waals surface area contributed by atoms with E-state index in [0.29, 0.717) is 12.8 Å². The monoisotopic (exact) mass is 243 g/mol. The maximum absolute atomic E-state index is 13.2. The van der Waals surface area contributed by atoms with E-state index in [1.54, 1.807) is 0 Å². The van der Waals surface area contributed by atoms with E-state index in [1.165, 1.54) is 25.3 Å². The molecule has 0 radical (unpaired) electrons. The van der Waals surface area contributed by atoms with Gasteiger partial charge >= 0.3 is 5.97 Å². The van der Waals surface area contributed by atoms with Crippen LogP contribution in [0, 0.1) is 11.6 Å². The van der Waals surface area contributed by atoms with E-state index in [2.05, 4.69) is 4.74 Å². The van der Waals surface area contributed by atoms with Crippen LogP contribution in [0.1, 0.15) is 18.4 Å². The molecule has 0 bridgehead atoms. The van der Waals surface area contributed by atoms with E-state index in [1.807, 2.05) is 0 Å². The van der Waals surface area contributed by atoms with Crippen molar-refractivity contribution >= 4 is 5.97 Å². The average Bonchev–Trinajstić information content (AvgIpc) is 2.31. The molecule has 0 aliphatic rings. The largest absolute Gasteiger partial charge is 0.468 e. The van der Waals surface area contributed by atoms with Crippen LogP contribution < -0.4 is 5.73 Å². The molecule has 1 rings (SSSR count). The van der Waals surface area contributed by atoms with Gasteiger partial charge in [0.15, 0.2) is 0 Å². The van der Waals surface area contributed by atoms with Crippen LogP contribution >= 0.6 is 0 Å². The number of esters is 1. The minimum Gasteiger partial charge on any atom is -0.468 e. The van der Waals surface area contributed by atoms with E-state index in [9.17, 15) is 13.6 Å². The van der Waals surface area contributed by atoms with Gasteiger partial charge in [-0.1, -0.05) is 6.07 Å². The molecular weight excluding hydrogens is 228 g/mol. The Hall–Kier alpha value is -1.49. The third kappa shape index (κ3) is 3.78. The second-order valence-electron chi connectivity index (χ2n) is 3.72. The minimum atomic E-state index is -0.741. The Morgan fingerprint density at radius 3 is 2.53 bits per heavy atom. The van der Waals surface area contributed by atoms with Crippen molar-refractivity contribution in [3.05, 3.63) is 35.4 Å². The fourth-order valence-corrected chi connectivity index (χ4v) is 1.54. The van der Waals surface area contributed by atoms with Gasteiger partial charge in [-0.3, -0.25) is 4.79 Å². The van der Waals surface area contributed by atoms with Gasteiger partial charge in [0.05, 0.1) is 7.11 Å². The minimum absolute atomic E-state index is 0.0320. The summed E-state index contributed by atoms with van der Waals surface area (Å²) in [5, 5.41) is 0. The van der Waals surface area contributed by atoms with E-state index in [4.69, 9.17) is 5.73 Å². The average molecular weight is 243 g/mol. The van der Waals surface area contributed by atoms with Crippen molar-refractivity contribution in [1.82, 2.24) is 0 Å². The lowest BCUT2D eigenvalue weighted by Crippen LogP contribution is -2.31. The third-order valence-electron chi connectivity index (χ3n) is 2.51. The zero-order valence-corrected chi connectivity index (χ0v) is 9.58. The normalized spacial score (nSPS) is 12.2. The predicted octanol–water partition coefficient (Wildman–Crippen LogP) is 1.79. The second-order valence-corrected chi connectivity index (χ2v) is 3.72. The molecule has 94 valence electrons. The SMILES string of the molecule is COC(=O)C(N)CCCc1c(F)cccc1F. The molecule has 1 atom stereocenters. The van der Waals surface area contributed by atoms with Gasteiger partial charge in [0, 0.05) is 5.56 Å². The highest BCUT2D eigenvalue weighted by atomic mass is 19.1. The van der Waals surface area contributed by atoms with Crippen LogP contribution in [0.5, 0.6) is 0 Å². The number of hydrogen-bond acceptors (Lipinski definition) is 3. The fourth-order valence-electron chi connectivity index (χ4n) is 1.54. The van der Waals surface area contributed by atoms with Crippen molar-refractivity contribution in [2.75, 3.05) is 7.11 Å². The van der Waals surface area contributed by atoms with Crippen molar-refractivity contribution in [3.63, 3.8) is 0 Å². The first kappa shape index (κ1) is 13.6. The first-order chi connectivity index (χ1) is 8.06. The summed E-state index contributed by atoms with van der Waals surface area (Å²) in [6, 6.07) is 2.99. The Balaban J connectivity index is 2.49. The molecule has 0 aromatic heterocycles. The van der Waals surface area contributed by atoms with Gasteiger partial charge in [-0.05, 0) is 31.4 Å². The van der Waals surface area contributed by atoms with Crippen molar-refractivity contribution < 1.29 is 18.3 Å². The Kier molecular flexibility index (Phi) is 5.03. The zero-order chi connectivity index (χ0) is 12.8. The number of carbonyl (C=O) groups excluding carboxylic acids is 1. The first-order valence-corrected chi connectivity index (χ1v) is 5.32. The summed E-state index contributed by atoms with van der Waals surface area (Å²) < 4.78 is 30.9. The highest BCUT2D eigenvalue weighted by Gasteiger charge is 2.14. The summed E-state index contributed by atoms with van der Waals surface area (Å²) in [7, 11) is 1.25. The number of ether oxygens (including phenoxy) is 1. The third-order valence-corrected chi connectivity index (χ3v) is 2.51. The van der Waals surface area contributed by atoms with Gasteiger partial charge in [0.2, 0.25) is 0 Å². The van der Waals surface area contributed by atoms with Crippen LogP contribution in [0.2, 0.25) is 0 Å². The molecular formula is C12H15F2NO2. The van der Waals surface area contributed by atoms with Gasteiger partial charge in [-0.25, -0.2) is 8.78 Å². The Morgan fingerprint density at radius 1 is 1.41 bits per heavy atom. The maximum atomic E-state index is 13.2. The first-order valence-electron chi connectivity index (χ1n) is 5.32. The van der Waals surface area contributed by atoms with Crippen LogP contribution in [0.25, 0.3) is 0 Å². The number of benzene rings is 1. The lowest BCUT2D eigenvalue weighted by Gasteiger charge is -2.09. The Morgan fingerprint density at radius 2 is 2.00 bits per heavy atom. The molecule has 17 heavy (non-hydrogen) atoms. The highest BCUT2D eigenvalue weighted by Crippen LogP contribution is 2.15. The number of hydrogen-bond donors (Lipinski definition) is 1. The predicted molar refractivity (Wildman–Crippen MR) is 59.3 cm³/mol. The molecule has 0 saturated heterocycles. The molecule has 0 fully saturated rings. The van der Waals surface area contributed by atoms with E-state index >= 15 is 0 Å². The van der Waals surface area contributed by atoms with Gasteiger partial charge in [-0.15, -0.1) is 0 Å². The van der Waals surface area contributed by atoms with Gasteiger partial charge < -0.3 is 10.5 Å². The standard InChI is InChI=1S/C12H15F2NO2/c1-17-12(16)11(15)7-2-4-8-9(13)5-3-6-10(8)14/h3,5-6,11H,2,4,7,15H2,1H3. The molecule has 0 heterocycles. The van der Waals surface area contributed by atoms with E-state index in [0.717, 1.165) is 0 Å². The highest BCUT2D eigenvalue weighted by molar-refractivity contribution is 5.75. The molecule has 0 aliphatic heterocycles. The van der Waals surface area contributed by atoms with Crippen LogP contribution in [0.4, 0.5) is 8.78 Å². The van der Waals surface area contributed by atoms with E-state index in [-0.39, 0.29) is 12.0 Å². The zero-order valence-electron chi connectivity index (χ0n) is 9.58. The van der Waals surface area contributed by atoms with Crippen LogP contribution in [0.15, 0.2) is 18.2 Å². The Bertz CT molecular complexity index is 376. The fraction of sp³-hybridized carbons (Fsp3) is 0.417. The summed E-state index contributed by atoms with van der Waals surface area (Å²) >= 11 is 0. The number of nitrogens with two attached hydrogens (primary N) is 1. The summed E-state index contributed by atoms with van der Waals surface area (Å²) in [5.41, 5.74) is 5.54. The van der Waals surface area contributed by atoms with Gasteiger partial charge in [0.25, 0.3) is 0 Å².